The third-order valence-corrected chi connectivity index (χ3v) is 12.9. The summed E-state index contributed by atoms with van der Waals surface area (Å²) in [7, 11) is 0. The molecule has 75 heavy (non-hydrogen) atoms. The van der Waals surface area contributed by atoms with E-state index in [2.05, 4.69) is 142 Å². The summed E-state index contributed by atoms with van der Waals surface area (Å²) in [6, 6.07) is 0. The molecule has 0 rings (SSSR count). The maximum atomic E-state index is 12.9. The number of allylic oxidation sites excluding steroid dienone is 20. The van der Waals surface area contributed by atoms with Crippen molar-refractivity contribution in [2.24, 2.45) is 0 Å². The van der Waals surface area contributed by atoms with Crippen molar-refractivity contribution < 1.29 is 28.6 Å². The molecule has 0 unspecified atom stereocenters. The Morgan fingerprint density at radius 2 is 0.480 bits per heavy atom. The van der Waals surface area contributed by atoms with E-state index >= 15 is 0 Å². The molecule has 1 atom stereocenters. The number of carbonyl (C=O) groups is 3. The van der Waals surface area contributed by atoms with E-state index in [1.807, 2.05) is 0 Å². The van der Waals surface area contributed by atoms with Crippen LogP contribution < -0.4 is 0 Å². The molecule has 6 heteroatoms. The highest BCUT2D eigenvalue weighted by molar-refractivity contribution is 5.71. The maximum Gasteiger partial charge on any atom is 0.306 e. The van der Waals surface area contributed by atoms with Crippen LogP contribution in [0.1, 0.15) is 278 Å². The predicted octanol–water partition coefficient (Wildman–Crippen LogP) is 21.2. The summed E-state index contributed by atoms with van der Waals surface area (Å²) in [6.07, 6.45) is 86.1. The van der Waals surface area contributed by atoms with E-state index in [1.165, 1.54) is 103 Å². The molecule has 0 aromatic heterocycles. The van der Waals surface area contributed by atoms with E-state index in [-0.39, 0.29) is 31.1 Å². The molecule has 0 aromatic carbocycles. The van der Waals surface area contributed by atoms with Crippen LogP contribution in [0, 0.1) is 0 Å². The van der Waals surface area contributed by atoms with E-state index in [1.54, 1.807) is 0 Å². The normalized spacial score (nSPS) is 12.9. The van der Waals surface area contributed by atoms with E-state index in [0.29, 0.717) is 19.3 Å². The average Bonchev–Trinajstić information content (AvgIpc) is 3.41. The second-order valence-corrected chi connectivity index (χ2v) is 20.2. The molecule has 0 saturated heterocycles. The highest BCUT2D eigenvalue weighted by Gasteiger charge is 2.19. The topological polar surface area (TPSA) is 78.9 Å². The maximum absolute atomic E-state index is 12.9. The minimum atomic E-state index is -0.809. The van der Waals surface area contributed by atoms with Crippen LogP contribution in [-0.2, 0) is 28.6 Å². The van der Waals surface area contributed by atoms with Gasteiger partial charge in [0.25, 0.3) is 0 Å². The van der Waals surface area contributed by atoms with E-state index < -0.39 is 6.10 Å². The SMILES string of the molecule is CCCCC/C=C\C/C=C\C/C=C\C/C=C\CCCCCC(=O)OC[C@@H](COC(=O)CCCCCCCC/C=C\C/C=C\C/C=C\CCCCC)OC(=O)CCCCCCCC/C=C\C/C=C\C/C=C\CCCCC. The highest BCUT2D eigenvalue weighted by atomic mass is 16.6. The van der Waals surface area contributed by atoms with Gasteiger partial charge in [-0.3, -0.25) is 14.4 Å². The first kappa shape index (κ1) is 70.8. The Kier molecular flexibility index (Phi) is 58.9. The first-order valence-corrected chi connectivity index (χ1v) is 31.0. The van der Waals surface area contributed by atoms with Gasteiger partial charge >= 0.3 is 17.9 Å². The van der Waals surface area contributed by atoms with Gasteiger partial charge < -0.3 is 14.2 Å². The molecule has 0 heterocycles. The molecular formula is C69H114O6. The van der Waals surface area contributed by atoms with Gasteiger partial charge in [-0.25, -0.2) is 0 Å². The largest absolute Gasteiger partial charge is 0.462 e. The second kappa shape index (κ2) is 62.4. The Bertz CT molecular complexity index is 1570. The van der Waals surface area contributed by atoms with Crippen LogP contribution >= 0.6 is 0 Å². The van der Waals surface area contributed by atoms with Gasteiger partial charge in [-0.1, -0.05) is 239 Å². The average molecular weight is 1040 g/mol. The first-order valence-electron chi connectivity index (χ1n) is 31.0. The fourth-order valence-corrected chi connectivity index (χ4v) is 8.20. The molecule has 0 N–H and O–H groups in total. The van der Waals surface area contributed by atoms with Crippen LogP contribution in [-0.4, -0.2) is 37.2 Å². The Morgan fingerprint density at radius 3 is 0.760 bits per heavy atom. The lowest BCUT2D eigenvalue weighted by molar-refractivity contribution is -0.167. The van der Waals surface area contributed by atoms with Crippen LogP contribution in [0.5, 0.6) is 0 Å². The number of rotatable bonds is 55. The van der Waals surface area contributed by atoms with Crippen molar-refractivity contribution in [3.05, 3.63) is 122 Å². The fraction of sp³-hybridized carbons (Fsp3) is 0.667. The Labute approximate surface area is 462 Å². The molecule has 0 aliphatic heterocycles. The van der Waals surface area contributed by atoms with Crippen LogP contribution in [0.15, 0.2) is 122 Å². The lowest BCUT2D eigenvalue weighted by Crippen LogP contribution is -2.30. The fourth-order valence-electron chi connectivity index (χ4n) is 8.20. The predicted molar refractivity (Wildman–Crippen MR) is 325 cm³/mol. The summed E-state index contributed by atoms with van der Waals surface area (Å²) >= 11 is 0. The number of ether oxygens (including phenoxy) is 3. The quantitative estimate of drug-likeness (QED) is 0.0261. The van der Waals surface area contributed by atoms with E-state index in [0.717, 1.165) is 135 Å². The van der Waals surface area contributed by atoms with E-state index in [9.17, 15) is 14.4 Å². The van der Waals surface area contributed by atoms with Gasteiger partial charge in [0, 0.05) is 19.3 Å². The molecule has 0 aromatic rings. The van der Waals surface area contributed by atoms with Gasteiger partial charge in [0.2, 0.25) is 0 Å². The summed E-state index contributed by atoms with van der Waals surface area (Å²) in [4.78, 5) is 38.3. The minimum Gasteiger partial charge on any atom is -0.462 e. The van der Waals surface area contributed by atoms with Gasteiger partial charge in [-0.2, -0.15) is 0 Å². The van der Waals surface area contributed by atoms with Crippen molar-refractivity contribution in [1.82, 2.24) is 0 Å². The Morgan fingerprint density at radius 1 is 0.267 bits per heavy atom. The third-order valence-electron chi connectivity index (χ3n) is 12.9. The lowest BCUT2D eigenvalue weighted by Gasteiger charge is -2.18. The molecular weight excluding hydrogens is 925 g/mol. The molecule has 0 fully saturated rings. The van der Waals surface area contributed by atoms with Gasteiger partial charge in [-0.15, -0.1) is 0 Å². The summed E-state index contributed by atoms with van der Waals surface area (Å²) in [5, 5.41) is 0. The van der Waals surface area contributed by atoms with Crippen molar-refractivity contribution >= 4 is 17.9 Å². The molecule has 0 amide bonds. The molecule has 6 nitrogen and oxygen atoms in total. The summed E-state index contributed by atoms with van der Waals surface area (Å²) < 4.78 is 16.9. The number of hydrogen-bond acceptors (Lipinski definition) is 6. The van der Waals surface area contributed by atoms with E-state index in [4.69, 9.17) is 14.2 Å². The molecule has 0 aliphatic rings. The monoisotopic (exact) mass is 1040 g/mol. The molecule has 0 spiro atoms. The molecule has 0 bridgehead atoms. The zero-order valence-electron chi connectivity index (χ0n) is 48.8. The van der Waals surface area contributed by atoms with Gasteiger partial charge in [0.1, 0.15) is 13.2 Å². The number of esters is 3. The van der Waals surface area contributed by atoms with Gasteiger partial charge in [-0.05, 0) is 141 Å². The molecule has 426 valence electrons. The van der Waals surface area contributed by atoms with Crippen molar-refractivity contribution in [2.45, 2.75) is 284 Å². The van der Waals surface area contributed by atoms with Gasteiger partial charge in [0.05, 0.1) is 0 Å². The Hall–Kier alpha value is -4.19. The molecule has 0 radical (unpaired) electrons. The molecule has 0 saturated carbocycles. The minimum absolute atomic E-state index is 0.103. The molecule has 0 aliphatic carbocycles. The number of hydrogen-bond donors (Lipinski definition) is 0. The third kappa shape index (κ3) is 60.6. The zero-order valence-corrected chi connectivity index (χ0v) is 48.8. The first-order chi connectivity index (χ1) is 37.0. The standard InChI is InChI=1S/C69H114O6/c1-4-7-10-13-16-19-22-25-28-31-34-37-40-43-46-49-52-55-58-61-67(70)73-64-66(75-69(72)63-60-57-54-51-48-45-42-39-36-33-30-27-24-21-18-15-12-9-6-3)65-74-68(71)62-59-56-53-50-47-44-41-38-35-32-29-26-23-20-17-14-11-8-5-2/h16-21,25-30,34-39,43,46,66H,4-15,22-24,31-33,40-42,44-45,47-65H2,1-3H3/b19-16-,20-17-,21-18-,28-25-,29-26-,30-27-,37-34-,38-35-,39-36-,46-43-/t66-/m0/s1. The summed E-state index contributed by atoms with van der Waals surface area (Å²) in [5.74, 6) is -0.957. The highest BCUT2D eigenvalue weighted by Crippen LogP contribution is 2.14. The van der Waals surface area contributed by atoms with Crippen LogP contribution in [0.4, 0.5) is 0 Å². The zero-order chi connectivity index (χ0) is 54.3. The number of carbonyl (C=O) groups excluding carboxylic acids is 3. The van der Waals surface area contributed by atoms with Crippen molar-refractivity contribution in [1.29, 1.82) is 0 Å². The summed E-state index contributed by atoms with van der Waals surface area (Å²) in [6.45, 7) is 6.52. The van der Waals surface area contributed by atoms with Crippen molar-refractivity contribution in [3.8, 4) is 0 Å². The van der Waals surface area contributed by atoms with Crippen molar-refractivity contribution in [2.75, 3.05) is 13.2 Å². The summed E-state index contributed by atoms with van der Waals surface area (Å²) in [5.41, 5.74) is 0. The van der Waals surface area contributed by atoms with Gasteiger partial charge in [0.15, 0.2) is 6.10 Å². The smallest absolute Gasteiger partial charge is 0.306 e. The van der Waals surface area contributed by atoms with Crippen LogP contribution in [0.25, 0.3) is 0 Å². The van der Waals surface area contributed by atoms with Crippen molar-refractivity contribution in [3.63, 3.8) is 0 Å². The Balaban J connectivity index is 4.52. The van der Waals surface area contributed by atoms with Crippen LogP contribution in [0.3, 0.4) is 0 Å². The second-order valence-electron chi connectivity index (χ2n) is 20.2. The number of unbranched alkanes of at least 4 members (excludes halogenated alkanes) is 24. The lowest BCUT2D eigenvalue weighted by atomic mass is 10.1. The van der Waals surface area contributed by atoms with Crippen LogP contribution in [0.2, 0.25) is 0 Å².